The van der Waals surface area contributed by atoms with E-state index in [0.717, 1.165) is 17.6 Å². The van der Waals surface area contributed by atoms with Gasteiger partial charge in [-0.05, 0) is 19.3 Å². The van der Waals surface area contributed by atoms with Gasteiger partial charge in [-0.15, -0.1) is 0 Å². The van der Waals surface area contributed by atoms with Crippen molar-refractivity contribution in [3.63, 3.8) is 0 Å². The van der Waals surface area contributed by atoms with Crippen LogP contribution in [-0.4, -0.2) is 54.1 Å². The summed E-state index contributed by atoms with van der Waals surface area (Å²) in [5, 5.41) is 18.0. The molecule has 0 aromatic rings. The number of piperidine rings is 1. The predicted octanol–water partition coefficient (Wildman–Crippen LogP) is -0.0299. The lowest BCUT2D eigenvalue weighted by Crippen LogP contribution is -2.52. The topological polar surface area (TPSA) is 40.5 Å². The van der Waals surface area contributed by atoms with E-state index in [2.05, 4.69) is 7.05 Å². The molecule has 1 aliphatic heterocycles. The Balaban J connectivity index is 2.35. The molecule has 1 atom stereocenters. The molecule has 12 heavy (non-hydrogen) atoms. The lowest BCUT2D eigenvalue weighted by Gasteiger charge is -2.38. The summed E-state index contributed by atoms with van der Waals surface area (Å²) in [6, 6.07) is 0. The van der Waals surface area contributed by atoms with E-state index >= 15 is 0 Å². The van der Waals surface area contributed by atoms with E-state index in [1.54, 1.807) is 0 Å². The van der Waals surface area contributed by atoms with Crippen molar-refractivity contribution in [2.45, 2.75) is 25.4 Å². The fraction of sp³-hybridized carbons (Fsp3) is 1.00. The minimum atomic E-state index is -0.534. The number of aliphatic hydroxyl groups excluding tert-OH is 2. The number of likely N-dealkylation sites (tertiary alicyclic amines) is 1. The molecule has 1 saturated heterocycles. The summed E-state index contributed by atoms with van der Waals surface area (Å²) in [5.41, 5.74) is 0. The highest BCUT2D eigenvalue weighted by Crippen LogP contribution is 2.16. The van der Waals surface area contributed by atoms with E-state index in [0.29, 0.717) is 6.54 Å². The van der Waals surface area contributed by atoms with Gasteiger partial charge in [0, 0.05) is 0 Å². The molecule has 0 aromatic carbocycles. The molecule has 0 spiro atoms. The van der Waals surface area contributed by atoms with E-state index in [-0.39, 0.29) is 6.61 Å². The lowest BCUT2D eigenvalue weighted by atomic mass is 10.1. The van der Waals surface area contributed by atoms with E-state index in [4.69, 9.17) is 5.11 Å². The maximum Gasteiger partial charge on any atom is 0.126 e. The van der Waals surface area contributed by atoms with Gasteiger partial charge in [0.05, 0.1) is 26.7 Å². The van der Waals surface area contributed by atoms with Crippen molar-refractivity contribution in [1.82, 2.24) is 0 Å². The van der Waals surface area contributed by atoms with Gasteiger partial charge in [-0.3, -0.25) is 0 Å². The molecule has 1 aliphatic rings. The van der Waals surface area contributed by atoms with Crippen molar-refractivity contribution in [3.05, 3.63) is 0 Å². The second-order valence-corrected chi connectivity index (χ2v) is 4.15. The van der Waals surface area contributed by atoms with Crippen LogP contribution in [0.25, 0.3) is 0 Å². The first-order valence-electron chi connectivity index (χ1n) is 4.79. The SMILES string of the molecule is C[N+]1(CC(O)CO)CCCCC1. The number of quaternary nitrogens is 1. The Bertz CT molecular complexity index is 132. The quantitative estimate of drug-likeness (QED) is 0.590. The third-order valence-corrected chi connectivity index (χ3v) is 2.76. The lowest BCUT2D eigenvalue weighted by molar-refractivity contribution is -0.916. The van der Waals surface area contributed by atoms with Gasteiger partial charge in [-0.1, -0.05) is 0 Å². The highest BCUT2D eigenvalue weighted by Gasteiger charge is 2.27. The summed E-state index contributed by atoms with van der Waals surface area (Å²) in [5.74, 6) is 0. The number of aliphatic hydroxyl groups is 2. The third kappa shape index (κ3) is 2.73. The molecule has 1 heterocycles. The molecule has 0 radical (unpaired) electrons. The first-order chi connectivity index (χ1) is 5.66. The molecule has 0 bridgehead atoms. The van der Waals surface area contributed by atoms with Crippen molar-refractivity contribution >= 4 is 0 Å². The van der Waals surface area contributed by atoms with Crippen molar-refractivity contribution in [2.75, 3.05) is 33.3 Å². The highest BCUT2D eigenvalue weighted by molar-refractivity contribution is 4.56. The zero-order valence-electron chi connectivity index (χ0n) is 7.87. The molecule has 3 heteroatoms. The first kappa shape index (κ1) is 9.96. The minimum Gasteiger partial charge on any atom is -0.393 e. The average molecular weight is 174 g/mol. The largest absolute Gasteiger partial charge is 0.393 e. The van der Waals surface area contributed by atoms with Gasteiger partial charge in [0.1, 0.15) is 12.6 Å². The number of nitrogens with zero attached hydrogens (tertiary/aromatic N) is 1. The fourth-order valence-electron chi connectivity index (χ4n) is 2.02. The summed E-state index contributed by atoms with van der Waals surface area (Å²) in [7, 11) is 2.16. The monoisotopic (exact) mass is 174 g/mol. The summed E-state index contributed by atoms with van der Waals surface area (Å²) in [6.07, 6.45) is 3.31. The van der Waals surface area contributed by atoms with Crippen LogP contribution in [0.3, 0.4) is 0 Å². The maximum atomic E-state index is 9.31. The molecule has 3 nitrogen and oxygen atoms in total. The minimum absolute atomic E-state index is 0.103. The molecule has 1 unspecified atom stereocenters. The number of rotatable bonds is 3. The Morgan fingerprint density at radius 2 is 1.83 bits per heavy atom. The van der Waals surface area contributed by atoms with Crippen molar-refractivity contribution in [3.8, 4) is 0 Å². The van der Waals surface area contributed by atoms with E-state index in [1.165, 1.54) is 19.3 Å². The normalized spacial score (nSPS) is 25.2. The number of hydrogen-bond donors (Lipinski definition) is 2. The Labute approximate surface area is 74.2 Å². The standard InChI is InChI=1S/C9H20NO2/c1-10(7-9(12)8-11)5-3-2-4-6-10/h9,11-12H,2-8H2,1H3/q+1. The van der Waals surface area contributed by atoms with Gasteiger partial charge in [-0.25, -0.2) is 0 Å². The van der Waals surface area contributed by atoms with Gasteiger partial charge < -0.3 is 14.7 Å². The predicted molar refractivity (Wildman–Crippen MR) is 47.7 cm³/mol. The van der Waals surface area contributed by atoms with E-state index in [9.17, 15) is 5.11 Å². The molecule has 72 valence electrons. The van der Waals surface area contributed by atoms with Crippen LogP contribution in [0, 0.1) is 0 Å². The van der Waals surface area contributed by atoms with E-state index < -0.39 is 6.10 Å². The van der Waals surface area contributed by atoms with Crippen molar-refractivity contribution in [1.29, 1.82) is 0 Å². The molecule has 2 N–H and O–H groups in total. The van der Waals surface area contributed by atoms with Crippen LogP contribution < -0.4 is 0 Å². The Morgan fingerprint density at radius 3 is 2.33 bits per heavy atom. The smallest absolute Gasteiger partial charge is 0.126 e. The van der Waals surface area contributed by atoms with Crippen LogP contribution in [0.2, 0.25) is 0 Å². The Kier molecular flexibility index (Phi) is 3.50. The number of hydrogen-bond acceptors (Lipinski definition) is 2. The van der Waals surface area contributed by atoms with Crippen molar-refractivity contribution < 1.29 is 14.7 Å². The average Bonchev–Trinajstić information content (AvgIpc) is 2.05. The van der Waals surface area contributed by atoms with Crippen LogP contribution in [-0.2, 0) is 0 Å². The van der Waals surface area contributed by atoms with Crippen LogP contribution in [0.1, 0.15) is 19.3 Å². The number of likely N-dealkylation sites (N-methyl/N-ethyl adjacent to an activating group) is 1. The van der Waals surface area contributed by atoms with Crippen LogP contribution in [0.15, 0.2) is 0 Å². The van der Waals surface area contributed by atoms with Gasteiger partial charge >= 0.3 is 0 Å². The van der Waals surface area contributed by atoms with Crippen LogP contribution in [0.4, 0.5) is 0 Å². The summed E-state index contributed by atoms with van der Waals surface area (Å²) in [6.45, 7) is 2.90. The molecule has 0 aromatic heterocycles. The molecular weight excluding hydrogens is 154 g/mol. The molecule has 1 fully saturated rings. The molecule has 0 amide bonds. The second-order valence-electron chi connectivity index (χ2n) is 4.15. The Morgan fingerprint density at radius 1 is 1.25 bits per heavy atom. The van der Waals surface area contributed by atoms with E-state index in [1.807, 2.05) is 0 Å². The maximum absolute atomic E-state index is 9.31. The van der Waals surface area contributed by atoms with Gasteiger partial charge in [0.15, 0.2) is 0 Å². The highest BCUT2D eigenvalue weighted by atomic mass is 16.3. The summed E-state index contributed by atoms with van der Waals surface area (Å²) >= 11 is 0. The Hall–Kier alpha value is -0.120. The van der Waals surface area contributed by atoms with Crippen molar-refractivity contribution in [2.24, 2.45) is 0 Å². The molecule has 1 rings (SSSR count). The molecular formula is C9H20NO2+. The van der Waals surface area contributed by atoms with Gasteiger partial charge in [0.25, 0.3) is 0 Å². The molecule has 0 saturated carbocycles. The van der Waals surface area contributed by atoms with Gasteiger partial charge in [0.2, 0.25) is 0 Å². The van der Waals surface area contributed by atoms with Gasteiger partial charge in [-0.2, -0.15) is 0 Å². The third-order valence-electron chi connectivity index (χ3n) is 2.76. The van der Waals surface area contributed by atoms with Crippen LogP contribution in [0.5, 0.6) is 0 Å². The second kappa shape index (κ2) is 4.21. The zero-order chi connectivity index (χ0) is 9.03. The van der Waals surface area contributed by atoms with Crippen LogP contribution >= 0.6 is 0 Å². The summed E-state index contributed by atoms with van der Waals surface area (Å²) in [4.78, 5) is 0. The zero-order valence-corrected chi connectivity index (χ0v) is 7.87. The summed E-state index contributed by atoms with van der Waals surface area (Å²) < 4.78 is 0.932. The first-order valence-corrected chi connectivity index (χ1v) is 4.79. The molecule has 0 aliphatic carbocycles. The fourth-order valence-corrected chi connectivity index (χ4v) is 2.02.